The largest absolute Gasteiger partial charge is 0.444 e. The minimum absolute atomic E-state index is 0.00476. The number of ether oxygens (including phenoxy) is 1. The average molecular weight is 407 g/mol. The van der Waals surface area contributed by atoms with Crippen LogP contribution in [0.2, 0.25) is 0 Å². The third-order valence-electron chi connectivity index (χ3n) is 4.63. The van der Waals surface area contributed by atoms with E-state index in [1.54, 1.807) is 25.7 Å². The van der Waals surface area contributed by atoms with Gasteiger partial charge in [0.2, 0.25) is 5.91 Å². The number of rotatable bonds is 6. The van der Waals surface area contributed by atoms with Crippen LogP contribution in [0.5, 0.6) is 0 Å². The SMILES string of the molecule is CC(C)(C)OC(=O)NCCC(=O)N1CCC(CNC(=O)c2ccc(F)cc2)CC1. The molecule has 0 saturated carbocycles. The number of likely N-dealkylation sites (tertiary alicyclic amines) is 1. The van der Waals surface area contributed by atoms with Gasteiger partial charge in [0.15, 0.2) is 0 Å². The summed E-state index contributed by atoms with van der Waals surface area (Å²) in [5.41, 5.74) is -0.140. The van der Waals surface area contributed by atoms with E-state index in [1.165, 1.54) is 24.3 Å². The molecule has 3 amide bonds. The number of hydrogen-bond donors (Lipinski definition) is 2. The summed E-state index contributed by atoms with van der Waals surface area (Å²) < 4.78 is 18.1. The van der Waals surface area contributed by atoms with Gasteiger partial charge in [0, 0.05) is 38.2 Å². The van der Waals surface area contributed by atoms with Crippen molar-refractivity contribution in [1.82, 2.24) is 15.5 Å². The zero-order valence-corrected chi connectivity index (χ0v) is 17.3. The molecule has 2 rings (SSSR count). The Morgan fingerprint density at radius 3 is 2.31 bits per heavy atom. The molecule has 1 aromatic carbocycles. The number of piperidine rings is 1. The quantitative estimate of drug-likeness (QED) is 0.759. The molecule has 1 aromatic rings. The van der Waals surface area contributed by atoms with Crippen molar-refractivity contribution in [3.8, 4) is 0 Å². The predicted octanol–water partition coefficient (Wildman–Crippen LogP) is 2.71. The van der Waals surface area contributed by atoms with E-state index < -0.39 is 11.7 Å². The van der Waals surface area contributed by atoms with Crippen molar-refractivity contribution in [2.45, 2.75) is 45.6 Å². The topological polar surface area (TPSA) is 87.7 Å². The Labute approximate surface area is 171 Å². The molecule has 0 aliphatic carbocycles. The van der Waals surface area contributed by atoms with Crippen molar-refractivity contribution < 1.29 is 23.5 Å². The Balaban J connectivity index is 1.64. The fourth-order valence-electron chi connectivity index (χ4n) is 3.07. The molecule has 7 nitrogen and oxygen atoms in total. The van der Waals surface area contributed by atoms with Gasteiger partial charge in [0.1, 0.15) is 11.4 Å². The molecule has 0 aromatic heterocycles. The number of alkyl carbamates (subject to hydrolysis) is 1. The molecule has 0 unspecified atom stereocenters. The monoisotopic (exact) mass is 407 g/mol. The van der Waals surface area contributed by atoms with Gasteiger partial charge >= 0.3 is 6.09 Å². The summed E-state index contributed by atoms with van der Waals surface area (Å²) in [4.78, 5) is 37.8. The van der Waals surface area contributed by atoms with Crippen molar-refractivity contribution >= 4 is 17.9 Å². The van der Waals surface area contributed by atoms with Crippen LogP contribution in [0.3, 0.4) is 0 Å². The Morgan fingerprint density at radius 1 is 1.10 bits per heavy atom. The smallest absolute Gasteiger partial charge is 0.407 e. The van der Waals surface area contributed by atoms with E-state index in [0.717, 1.165) is 12.8 Å². The highest BCUT2D eigenvalue weighted by Gasteiger charge is 2.23. The molecule has 0 spiro atoms. The average Bonchev–Trinajstić information content (AvgIpc) is 2.65. The number of carbonyl (C=O) groups is 3. The van der Waals surface area contributed by atoms with Crippen LogP contribution in [0.25, 0.3) is 0 Å². The molecule has 1 aliphatic rings. The first-order valence-corrected chi connectivity index (χ1v) is 9.92. The molecule has 0 atom stereocenters. The first-order chi connectivity index (χ1) is 13.6. The van der Waals surface area contributed by atoms with E-state index in [1.807, 2.05) is 0 Å². The summed E-state index contributed by atoms with van der Waals surface area (Å²) in [5.74, 6) is -0.310. The second kappa shape index (κ2) is 10.2. The molecule has 1 fully saturated rings. The highest BCUT2D eigenvalue weighted by Crippen LogP contribution is 2.17. The zero-order chi connectivity index (χ0) is 21.4. The number of nitrogens with zero attached hydrogens (tertiary/aromatic N) is 1. The first-order valence-electron chi connectivity index (χ1n) is 9.92. The van der Waals surface area contributed by atoms with Gasteiger partial charge < -0.3 is 20.3 Å². The van der Waals surface area contributed by atoms with Crippen LogP contribution in [0.1, 0.15) is 50.4 Å². The summed E-state index contributed by atoms with van der Waals surface area (Å²) in [6, 6.07) is 5.43. The van der Waals surface area contributed by atoms with E-state index in [0.29, 0.717) is 31.1 Å². The third-order valence-corrected chi connectivity index (χ3v) is 4.63. The standard InChI is InChI=1S/C21H30FN3O4/c1-21(2,3)29-20(28)23-11-8-18(26)25-12-9-15(10-13-25)14-24-19(27)16-4-6-17(22)7-5-16/h4-7,15H,8-14H2,1-3H3,(H,23,28)(H,24,27). The molecule has 8 heteroatoms. The van der Waals surface area contributed by atoms with Gasteiger partial charge in [-0.15, -0.1) is 0 Å². The van der Waals surface area contributed by atoms with Gasteiger partial charge in [0.05, 0.1) is 0 Å². The van der Waals surface area contributed by atoms with Gasteiger partial charge in [0.25, 0.3) is 5.91 Å². The lowest BCUT2D eigenvalue weighted by Crippen LogP contribution is -2.42. The van der Waals surface area contributed by atoms with E-state index in [9.17, 15) is 18.8 Å². The number of hydrogen-bond acceptors (Lipinski definition) is 4. The van der Waals surface area contributed by atoms with Crippen molar-refractivity contribution in [2.24, 2.45) is 5.92 Å². The third kappa shape index (κ3) is 8.09. The Kier molecular flexibility index (Phi) is 7.99. The molecule has 1 aliphatic heterocycles. The molecule has 2 N–H and O–H groups in total. The molecule has 160 valence electrons. The number of carbonyl (C=O) groups excluding carboxylic acids is 3. The molecule has 1 saturated heterocycles. The maximum Gasteiger partial charge on any atom is 0.407 e. The number of amides is 3. The van der Waals surface area contributed by atoms with Crippen LogP contribution in [0.15, 0.2) is 24.3 Å². The van der Waals surface area contributed by atoms with Crippen molar-refractivity contribution in [2.75, 3.05) is 26.2 Å². The van der Waals surface area contributed by atoms with Gasteiger partial charge in [-0.3, -0.25) is 9.59 Å². The lowest BCUT2D eigenvalue weighted by atomic mass is 9.96. The minimum atomic E-state index is -0.567. The second-order valence-corrected chi connectivity index (χ2v) is 8.22. The van der Waals surface area contributed by atoms with E-state index in [-0.39, 0.29) is 30.6 Å². The Hall–Kier alpha value is -2.64. The fraction of sp³-hybridized carbons (Fsp3) is 0.571. The minimum Gasteiger partial charge on any atom is -0.444 e. The van der Waals surface area contributed by atoms with Crippen LogP contribution in [0, 0.1) is 11.7 Å². The Morgan fingerprint density at radius 2 is 1.72 bits per heavy atom. The summed E-state index contributed by atoms with van der Waals surface area (Å²) >= 11 is 0. The molecule has 1 heterocycles. The lowest BCUT2D eigenvalue weighted by molar-refractivity contribution is -0.132. The number of halogens is 1. The summed E-state index contributed by atoms with van der Waals surface area (Å²) in [6.45, 7) is 7.36. The normalized spacial score (nSPS) is 15.0. The molecule has 29 heavy (non-hydrogen) atoms. The summed E-state index contributed by atoms with van der Waals surface area (Å²) in [5, 5.41) is 5.46. The molecule has 0 radical (unpaired) electrons. The highest BCUT2D eigenvalue weighted by molar-refractivity contribution is 5.94. The summed E-state index contributed by atoms with van der Waals surface area (Å²) in [7, 11) is 0. The van der Waals surface area contributed by atoms with Gasteiger partial charge in [-0.05, 0) is 63.8 Å². The fourth-order valence-corrected chi connectivity index (χ4v) is 3.07. The number of benzene rings is 1. The van der Waals surface area contributed by atoms with Crippen molar-refractivity contribution in [3.63, 3.8) is 0 Å². The molecular formula is C21H30FN3O4. The van der Waals surface area contributed by atoms with Crippen LogP contribution in [-0.4, -0.2) is 54.6 Å². The maximum absolute atomic E-state index is 12.9. The van der Waals surface area contributed by atoms with Crippen LogP contribution in [-0.2, 0) is 9.53 Å². The van der Waals surface area contributed by atoms with Crippen LogP contribution >= 0.6 is 0 Å². The van der Waals surface area contributed by atoms with Crippen molar-refractivity contribution in [3.05, 3.63) is 35.6 Å². The number of nitrogens with one attached hydrogen (secondary N) is 2. The van der Waals surface area contributed by atoms with Gasteiger partial charge in [-0.25, -0.2) is 9.18 Å². The van der Waals surface area contributed by atoms with Crippen LogP contribution in [0.4, 0.5) is 9.18 Å². The molecule has 0 bridgehead atoms. The van der Waals surface area contributed by atoms with Crippen LogP contribution < -0.4 is 10.6 Å². The van der Waals surface area contributed by atoms with Crippen molar-refractivity contribution in [1.29, 1.82) is 0 Å². The zero-order valence-electron chi connectivity index (χ0n) is 17.3. The van der Waals surface area contributed by atoms with E-state index in [4.69, 9.17) is 4.74 Å². The first kappa shape index (κ1) is 22.6. The van der Waals surface area contributed by atoms with Gasteiger partial charge in [-0.1, -0.05) is 0 Å². The molecular weight excluding hydrogens is 377 g/mol. The second-order valence-electron chi connectivity index (χ2n) is 8.22. The van der Waals surface area contributed by atoms with E-state index in [2.05, 4.69) is 10.6 Å². The highest BCUT2D eigenvalue weighted by atomic mass is 19.1. The summed E-state index contributed by atoms with van der Waals surface area (Å²) in [6.07, 6.45) is 1.30. The van der Waals surface area contributed by atoms with Gasteiger partial charge in [-0.2, -0.15) is 0 Å². The van der Waals surface area contributed by atoms with E-state index >= 15 is 0 Å². The Bertz CT molecular complexity index is 708. The predicted molar refractivity (Wildman–Crippen MR) is 107 cm³/mol. The lowest BCUT2D eigenvalue weighted by Gasteiger charge is -2.32. The maximum atomic E-state index is 12.9.